The van der Waals surface area contributed by atoms with Crippen molar-refractivity contribution in [1.29, 1.82) is 0 Å². The van der Waals surface area contributed by atoms with Crippen molar-refractivity contribution in [3.05, 3.63) is 0 Å². The fourth-order valence-electron chi connectivity index (χ4n) is 2.61. The zero-order valence-corrected chi connectivity index (χ0v) is 9.09. The summed E-state index contributed by atoms with van der Waals surface area (Å²) in [5.41, 5.74) is 0. The highest BCUT2D eigenvalue weighted by Crippen LogP contribution is 2.27. The molecule has 0 saturated carbocycles. The molecule has 1 unspecified atom stereocenters. The molecule has 3 heterocycles. The van der Waals surface area contributed by atoms with Crippen LogP contribution in [0.15, 0.2) is 0 Å². The lowest BCUT2D eigenvalue weighted by Crippen LogP contribution is -2.56. The Balaban J connectivity index is 1.63. The maximum Gasteiger partial charge on any atom is 0.522 e. The third-order valence-electron chi connectivity index (χ3n) is 3.43. The van der Waals surface area contributed by atoms with Gasteiger partial charge >= 0.3 is 6.36 Å². The lowest BCUT2D eigenvalue weighted by atomic mass is 9.84. The van der Waals surface area contributed by atoms with E-state index in [-0.39, 0.29) is 13.2 Å². The zero-order valence-electron chi connectivity index (χ0n) is 9.09. The van der Waals surface area contributed by atoms with Crippen molar-refractivity contribution < 1.29 is 17.9 Å². The van der Waals surface area contributed by atoms with Gasteiger partial charge in [-0.1, -0.05) is 0 Å². The van der Waals surface area contributed by atoms with Crippen LogP contribution in [0.5, 0.6) is 0 Å². The number of ether oxygens (including phenoxy) is 1. The van der Waals surface area contributed by atoms with Gasteiger partial charge in [0.1, 0.15) is 0 Å². The predicted molar refractivity (Wildman–Crippen MR) is 53.0 cm³/mol. The second kappa shape index (κ2) is 4.89. The van der Waals surface area contributed by atoms with Gasteiger partial charge in [-0.25, -0.2) is 0 Å². The van der Waals surface area contributed by atoms with E-state index in [2.05, 4.69) is 15.0 Å². The summed E-state index contributed by atoms with van der Waals surface area (Å²) >= 11 is 0. The van der Waals surface area contributed by atoms with Crippen molar-refractivity contribution in [2.24, 2.45) is 5.92 Å². The third-order valence-corrected chi connectivity index (χ3v) is 3.43. The summed E-state index contributed by atoms with van der Waals surface area (Å²) in [6.45, 7) is 3.22. The maximum atomic E-state index is 11.7. The molecule has 16 heavy (non-hydrogen) atoms. The fourth-order valence-corrected chi connectivity index (χ4v) is 2.61. The minimum Gasteiger partial charge on any atom is -0.310 e. The van der Waals surface area contributed by atoms with Gasteiger partial charge in [-0.2, -0.15) is 0 Å². The second-order valence-corrected chi connectivity index (χ2v) is 4.49. The normalized spacial score (nSPS) is 34.3. The van der Waals surface area contributed by atoms with Crippen molar-refractivity contribution >= 4 is 0 Å². The molecule has 0 spiro atoms. The van der Waals surface area contributed by atoms with E-state index in [1.807, 2.05) is 0 Å². The SMILES string of the molecule is FC(F)(F)OCCNC1CN2CCC1CC2. The highest BCUT2D eigenvalue weighted by atomic mass is 19.4. The highest BCUT2D eigenvalue weighted by molar-refractivity contribution is 4.90. The molecule has 3 nitrogen and oxygen atoms in total. The maximum absolute atomic E-state index is 11.7. The van der Waals surface area contributed by atoms with Crippen LogP contribution in [0.1, 0.15) is 12.8 Å². The van der Waals surface area contributed by atoms with Crippen LogP contribution in [0, 0.1) is 5.92 Å². The van der Waals surface area contributed by atoms with Crippen LogP contribution in [0.25, 0.3) is 0 Å². The first-order valence-electron chi connectivity index (χ1n) is 5.71. The van der Waals surface area contributed by atoms with Gasteiger partial charge in [0.15, 0.2) is 0 Å². The van der Waals surface area contributed by atoms with Crippen LogP contribution < -0.4 is 5.32 Å². The minimum atomic E-state index is -4.50. The summed E-state index contributed by atoms with van der Waals surface area (Å²) in [5.74, 6) is 0.635. The van der Waals surface area contributed by atoms with E-state index in [9.17, 15) is 13.2 Å². The molecule has 0 aromatic rings. The Morgan fingerprint density at radius 2 is 1.94 bits per heavy atom. The van der Waals surface area contributed by atoms with Crippen LogP contribution >= 0.6 is 0 Å². The Bertz CT molecular complexity index is 227. The topological polar surface area (TPSA) is 24.5 Å². The van der Waals surface area contributed by atoms with Crippen molar-refractivity contribution in [3.8, 4) is 0 Å². The van der Waals surface area contributed by atoms with E-state index < -0.39 is 6.36 Å². The Morgan fingerprint density at radius 1 is 1.25 bits per heavy atom. The van der Waals surface area contributed by atoms with E-state index in [0.717, 1.165) is 32.5 Å². The second-order valence-electron chi connectivity index (χ2n) is 4.49. The quantitative estimate of drug-likeness (QED) is 0.745. The number of hydrogen-bond donors (Lipinski definition) is 1. The van der Waals surface area contributed by atoms with Gasteiger partial charge in [-0.05, 0) is 31.8 Å². The lowest BCUT2D eigenvalue weighted by Gasteiger charge is -2.45. The highest BCUT2D eigenvalue weighted by Gasteiger charge is 2.34. The molecule has 3 aliphatic rings. The number of rotatable bonds is 4. The van der Waals surface area contributed by atoms with E-state index in [1.165, 1.54) is 0 Å². The molecule has 6 heteroatoms. The van der Waals surface area contributed by atoms with Crippen LogP contribution in [-0.2, 0) is 4.74 Å². The first kappa shape index (κ1) is 12.1. The van der Waals surface area contributed by atoms with Crippen molar-refractivity contribution in [2.45, 2.75) is 25.2 Å². The predicted octanol–water partition coefficient (Wildman–Crippen LogP) is 1.21. The first-order valence-corrected chi connectivity index (χ1v) is 5.71. The number of fused-ring (bicyclic) bond motifs is 3. The largest absolute Gasteiger partial charge is 0.522 e. The van der Waals surface area contributed by atoms with Gasteiger partial charge in [0.2, 0.25) is 0 Å². The fraction of sp³-hybridized carbons (Fsp3) is 1.00. The van der Waals surface area contributed by atoms with Gasteiger partial charge in [0.05, 0.1) is 6.61 Å². The summed E-state index contributed by atoms with van der Waals surface area (Å²) in [6.07, 6.45) is -2.17. The number of piperidine rings is 3. The molecule has 94 valence electrons. The minimum absolute atomic E-state index is 0.272. The standard InChI is InChI=1S/C10H17F3N2O/c11-10(12,13)16-6-3-14-9-7-15-4-1-8(9)2-5-15/h8-9,14H,1-7H2. The Labute approximate surface area is 92.9 Å². The number of nitrogens with one attached hydrogen (secondary N) is 1. The first-order chi connectivity index (χ1) is 7.54. The van der Waals surface area contributed by atoms with Gasteiger partial charge in [-0.3, -0.25) is 4.74 Å². The van der Waals surface area contributed by atoms with Crippen LogP contribution in [-0.4, -0.2) is 50.1 Å². The number of hydrogen-bond acceptors (Lipinski definition) is 3. The molecule has 2 bridgehead atoms. The van der Waals surface area contributed by atoms with Crippen molar-refractivity contribution in [1.82, 2.24) is 10.2 Å². The Morgan fingerprint density at radius 3 is 2.44 bits per heavy atom. The molecule has 0 aromatic carbocycles. The van der Waals surface area contributed by atoms with Crippen LogP contribution in [0.3, 0.4) is 0 Å². The molecule has 3 fully saturated rings. The molecule has 0 aromatic heterocycles. The number of alkyl halides is 3. The number of nitrogens with zero attached hydrogens (tertiary/aromatic N) is 1. The third kappa shape index (κ3) is 3.33. The van der Waals surface area contributed by atoms with Crippen LogP contribution in [0.2, 0.25) is 0 Å². The summed E-state index contributed by atoms with van der Waals surface area (Å²) in [7, 11) is 0. The average molecular weight is 238 g/mol. The van der Waals surface area contributed by atoms with E-state index >= 15 is 0 Å². The van der Waals surface area contributed by atoms with E-state index in [4.69, 9.17) is 0 Å². The van der Waals surface area contributed by atoms with Crippen molar-refractivity contribution in [3.63, 3.8) is 0 Å². The van der Waals surface area contributed by atoms with Gasteiger partial charge in [0.25, 0.3) is 0 Å². The van der Waals surface area contributed by atoms with E-state index in [1.54, 1.807) is 0 Å². The molecular formula is C10H17F3N2O. The van der Waals surface area contributed by atoms with Gasteiger partial charge in [-0.15, -0.1) is 13.2 Å². The molecule has 0 amide bonds. The average Bonchev–Trinajstić information content (AvgIpc) is 2.25. The molecule has 3 saturated heterocycles. The van der Waals surface area contributed by atoms with E-state index in [0.29, 0.717) is 12.0 Å². The Kier molecular flexibility index (Phi) is 3.71. The molecule has 0 aliphatic carbocycles. The Hall–Kier alpha value is -0.330. The zero-order chi connectivity index (χ0) is 11.6. The van der Waals surface area contributed by atoms with Gasteiger partial charge in [0, 0.05) is 19.1 Å². The lowest BCUT2D eigenvalue weighted by molar-refractivity contribution is -0.323. The number of halogens is 3. The van der Waals surface area contributed by atoms with Crippen molar-refractivity contribution in [2.75, 3.05) is 32.8 Å². The molecule has 3 rings (SSSR count). The molecular weight excluding hydrogens is 221 g/mol. The smallest absolute Gasteiger partial charge is 0.310 e. The molecule has 1 N–H and O–H groups in total. The van der Waals surface area contributed by atoms with Crippen LogP contribution in [0.4, 0.5) is 13.2 Å². The summed E-state index contributed by atoms with van der Waals surface area (Å²) < 4.78 is 38.9. The monoisotopic (exact) mass is 238 g/mol. The molecule has 3 aliphatic heterocycles. The summed E-state index contributed by atoms with van der Waals surface area (Å²) in [6, 6.07) is 0.347. The molecule has 0 radical (unpaired) electrons. The van der Waals surface area contributed by atoms with Gasteiger partial charge < -0.3 is 10.2 Å². The molecule has 1 atom stereocenters. The summed E-state index contributed by atoms with van der Waals surface area (Å²) in [5, 5.41) is 3.16. The summed E-state index contributed by atoms with van der Waals surface area (Å²) in [4.78, 5) is 2.36.